The van der Waals surface area contributed by atoms with Gasteiger partial charge in [-0.1, -0.05) is 6.07 Å². The number of aryl methyl sites for hydroxylation is 2. The number of phenolic OH excluding ortho intramolecular Hbond substituents is 1. The molecule has 0 bridgehead atoms. The number of nitrogens with zero attached hydrogens (tertiary/aromatic N) is 2. The number of nitro benzene ring substituents is 1. The predicted molar refractivity (Wildman–Crippen MR) is 120 cm³/mol. The molecule has 0 fully saturated rings. The second-order valence-corrected chi connectivity index (χ2v) is 7.66. The molecule has 0 saturated carbocycles. The van der Waals surface area contributed by atoms with Gasteiger partial charge in [-0.25, -0.2) is 5.43 Å². The van der Waals surface area contributed by atoms with Crippen LogP contribution < -0.4 is 14.9 Å². The molecule has 1 heterocycles. The Morgan fingerprint density at radius 3 is 2.73 bits per heavy atom. The molecule has 4 rings (SSSR count). The Hall–Kier alpha value is -4.08. The number of ether oxygens (including phenoxy) is 2. The van der Waals surface area contributed by atoms with Crippen molar-refractivity contribution in [3.63, 3.8) is 0 Å². The molecular weight excluding hydrogens is 430 g/mol. The zero-order chi connectivity index (χ0) is 23.5. The van der Waals surface area contributed by atoms with Gasteiger partial charge in [0.2, 0.25) is 11.7 Å². The molecule has 3 aromatic rings. The Kier molecular flexibility index (Phi) is 6.16. The first kappa shape index (κ1) is 22.1. The lowest BCUT2D eigenvalue weighted by molar-refractivity contribution is -0.385. The lowest BCUT2D eigenvalue weighted by atomic mass is 9.93. The van der Waals surface area contributed by atoms with E-state index in [1.54, 1.807) is 18.2 Å². The second kappa shape index (κ2) is 9.19. The maximum absolute atomic E-state index is 12.4. The molecular formula is C23H23N3O7. The van der Waals surface area contributed by atoms with E-state index in [1.165, 1.54) is 26.5 Å². The highest BCUT2D eigenvalue weighted by Crippen LogP contribution is 2.41. The normalized spacial score (nSPS) is 13.2. The van der Waals surface area contributed by atoms with Gasteiger partial charge in [0.1, 0.15) is 11.3 Å². The Morgan fingerprint density at radius 2 is 2.00 bits per heavy atom. The monoisotopic (exact) mass is 453 g/mol. The van der Waals surface area contributed by atoms with Gasteiger partial charge in [-0.05, 0) is 37.0 Å². The van der Waals surface area contributed by atoms with Gasteiger partial charge in [0, 0.05) is 17.4 Å². The van der Waals surface area contributed by atoms with Gasteiger partial charge >= 0.3 is 5.69 Å². The number of carbonyl (C=O) groups excluding carboxylic acids is 1. The van der Waals surface area contributed by atoms with Gasteiger partial charge in [0.15, 0.2) is 11.5 Å². The number of hydrogen-bond donors (Lipinski definition) is 2. The Labute approximate surface area is 188 Å². The van der Waals surface area contributed by atoms with Crippen molar-refractivity contribution in [3.05, 3.63) is 56.8 Å². The van der Waals surface area contributed by atoms with E-state index in [2.05, 4.69) is 10.5 Å². The fraction of sp³-hybridized carbons (Fsp3) is 0.304. The van der Waals surface area contributed by atoms with Crippen molar-refractivity contribution in [3.8, 4) is 17.2 Å². The first-order valence-corrected chi connectivity index (χ1v) is 10.4. The third-order valence-electron chi connectivity index (χ3n) is 5.63. The second-order valence-electron chi connectivity index (χ2n) is 7.66. The van der Waals surface area contributed by atoms with Gasteiger partial charge in [-0.2, -0.15) is 5.10 Å². The van der Waals surface area contributed by atoms with Crippen molar-refractivity contribution in [1.29, 1.82) is 0 Å². The van der Waals surface area contributed by atoms with Crippen LogP contribution in [0.25, 0.3) is 11.0 Å². The van der Waals surface area contributed by atoms with E-state index < -0.39 is 22.3 Å². The van der Waals surface area contributed by atoms with E-state index in [-0.39, 0.29) is 12.0 Å². The number of benzene rings is 2. The van der Waals surface area contributed by atoms with Crippen LogP contribution in [0.2, 0.25) is 0 Å². The van der Waals surface area contributed by atoms with Gasteiger partial charge < -0.3 is 19.0 Å². The van der Waals surface area contributed by atoms with Crippen molar-refractivity contribution >= 4 is 28.8 Å². The summed E-state index contributed by atoms with van der Waals surface area (Å²) in [4.78, 5) is 23.1. The molecule has 0 radical (unpaired) electrons. The topological polar surface area (TPSA) is 136 Å². The molecule has 0 unspecified atom stereocenters. The molecule has 0 aliphatic heterocycles. The summed E-state index contributed by atoms with van der Waals surface area (Å²) in [5.41, 5.74) is 4.00. The number of methoxy groups -OCH3 is 2. The Balaban J connectivity index is 1.60. The van der Waals surface area contributed by atoms with E-state index in [9.17, 15) is 20.0 Å². The number of hydrazone groups is 1. The summed E-state index contributed by atoms with van der Waals surface area (Å²) < 4.78 is 16.3. The molecule has 1 aromatic heterocycles. The molecule has 1 aliphatic carbocycles. The molecule has 0 spiro atoms. The van der Waals surface area contributed by atoms with Crippen LogP contribution in [-0.2, 0) is 24.1 Å². The van der Waals surface area contributed by atoms with Crippen molar-refractivity contribution in [1.82, 2.24) is 5.43 Å². The van der Waals surface area contributed by atoms with Crippen LogP contribution in [0.4, 0.5) is 5.69 Å². The SMILES string of the molecule is COc1ccc(CC(=O)N/N=C/c2c(O)c([N+](=O)[O-])cc3oc4c(c23)CCCC4)cc1OC. The van der Waals surface area contributed by atoms with Gasteiger partial charge in [0.05, 0.1) is 43.4 Å². The van der Waals surface area contributed by atoms with Crippen molar-refractivity contribution in [2.24, 2.45) is 5.10 Å². The van der Waals surface area contributed by atoms with E-state index >= 15 is 0 Å². The quantitative estimate of drug-likeness (QED) is 0.317. The summed E-state index contributed by atoms with van der Waals surface area (Å²) in [6, 6.07) is 6.36. The van der Waals surface area contributed by atoms with Crippen molar-refractivity contribution in [2.45, 2.75) is 32.1 Å². The minimum Gasteiger partial charge on any atom is -0.502 e. The maximum Gasteiger partial charge on any atom is 0.315 e. The summed E-state index contributed by atoms with van der Waals surface area (Å²) >= 11 is 0. The molecule has 1 aliphatic rings. The number of furan rings is 1. The average Bonchev–Trinajstić information content (AvgIpc) is 3.18. The van der Waals surface area contributed by atoms with Gasteiger partial charge in [-0.15, -0.1) is 0 Å². The summed E-state index contributed by atoms with van der Waals surface area (Å²) in [6.45, 7) is 0. The molecule has 0 saturated heterocycles. The highest BCUT2D eigenvalue weighted by molar-refractivity contribution is 6.05. The summed E-state index contributed by atoms with van der Waals surface area (Å²) in [5, 5.41) is 26.5. The number of hydrogen-bond acceptors (Lipinski definition) is 8. The van der Waals surface area contributed by atoms with E-state index in [1.807, 2.05) is 0 Å². The number of nitrogens with one attached hydrogen (secondary N) is 1. The molecule has 1 amide bonds. The van der Waals surface area contributed by atoms with E-state index in [0.29, 0.717) is 28.0 Å². The van der Waals surface area contributed by atoms with Crippen LogP contribution in [-0.4, -0.2) is 36.4 Å². The summed E-state index contributed by atoms with van der Waals surface area (Å²) in [5.74, 6) is 0.893. The summed E-state index contributed by atoms with van der Waals surface area (Å²) in [6.07, 6.45) is 4.65. The molecule has 2 N–H and O–H groups in total. The van der Waals surface area contributed by atoms with Crippen molar-refractivity contribution in [2.75, 3.05) is 14.2 Å². The lowest BCUT2D eigenvalue weighted by Gasteiger charge is -2.10. The van der Waals surface area contributed by atoms with Crippen molar-refractivity contribution < 1.29 is 28.7 Å². The Bertz CT molecular complexity index is 1260. The molecule has 33 heavy (non-hydrogen) atoms. The first-order valence-electron chi connectivity index (χ1n) is 10.4. The first-order chi connectivity index (χ1) is 15.9. The molecule has 10 heteroatoms. The number of fused-ring (bicyclic) bond motifs is 3. The minimum atomic E-state index is -0.677. The predicted octanol–water partition coefficient (Wildman–Crippen LogP) is 3.64. The number of phenols is 1. The van der Waals surface area contributed by atoms with Gasteiger partial charge in [-0.3, -0.25) is 14.9 Å². The maximum atomic E-state index is 12.4. The van der Waals surface area contributed by atoms with Crippen LogP contribution in [0, 0.1) is 10.1 Å². The average molecular weight is 453 g/mol. The lowest BCUT2D eigenvalue weighted by Crippen LogP contribution is -2.19. The Morgan fingerprint density at radius 1 is 1.24 bits per heavy atom. The third kappa shape index (κ3) is 4.32. The van der Waals surface area contributed by atoms with Crippen LogP contribution in [0.1, 0.15) is 35.3 Å². The largest absolute Gasteiger partial charge is 0.502 e. The fourth-order valence-electron chi connectivity index (χ4n) is 4.08. The van der Waals surface area contributed by atoms with Crippen LogP contribution in [0.15, 0.2) is 33.8 Å². The number of rotatable bonds is 7. The van der Waals surface area contributed by atoms with Crippen LogP contribution in [0.3, 0.4) is 0 Å². The van der Waals surface area contributed by atoms with Gasteiger partial charge in [0.25, 0.3) is 0 Å². The smallest absolute Gasteiger partial charge is 0.315 e. The standard InChI is InChI=1S/C23H23N3O7/c1-31-18-8-7-13(9-19(18)32-2)10-21(27)25-24-12-15-22-14-5-3-4-6-17(14)33-20(22)11-16(23(15)28)26(29)30/h7-9,11-12,28H,3-6,10H2,1-2H3,(H,25,27)/b24-12+. The fourth-order valence-corrected chi connectivity index (χ4v) is 4.08. The van der Waals surface area contributed by atoms with Crippen LogP contribution >= 0.6 is 0 Å². The summed E-state index contributed by atoms with van der Waals surface area (Å²) in [7, 11) is 3.03. The zero-order valence-corrected chi connectivity index (χ0v) is 18.2. The third-order valence-corrected chi connectivity index (χ3v) is 5.63. The number of aromatic hydroxyl groups is 1. The number of carbonyl (C=O) groups is 1. The highest BCUT2D eigenvalue weighted by atomic mass is 16.6. The minimum absolute atomic E-state index is 0.0229. The molecule has 10 nitrogen and oxygen atoms in total. The molecule has 0 atom stereocenters. The number of amides is 1. The molecule has 2 aromatic carbocycles. The zero-order valence-electron chi connectivity index (χ0n) is 18.2. The van der Waals surface area contributed by atoms with Crippen LogP contribution in [0.5, 0.6) is 17.2 Å². The molecule has 172 valence electrons. The van der Waals surface area contributed by atoms with E-state index in [0.717, 1.165) is 37.0 Å². The number of nitro groups is 1. The highest BCUT2D eigenvalue weighted by Gasteiger charge is 2.27. The van der Waals surface area contributed by atoms with E-state index in [4.69, 9.17) is 13.9 Å².